The third kappa shape index (κ3) is 3.98. The smallest absolute Gasteiger partial charge is 0.243 e. The fourth-order valence-corrected chi connectivity index (χ4v) is 2.54. The van der Waals surface area contributed by atoms with Crippen molar-refractivity contribution in [2.24, 2.45) is 0 Å². The number of nitrogens with zero attached hydrogens (tertiary/aromatic N) is 2. The highest BCUT2D eigenvalue weighted by atomic mass is 35.5. The molecule has 1 aromatic carbocycles. The Hall–Kier alpha value is -2.07. The summed E-state index contributed by atoms with van der Waals surface area (Å²) in [4.78, 5) is 18.2. The predicted octanol–water partition coefficient (Wildman–Crippen LogP) is 3.82. The second kappa shape index (κ2) is 7.27. The quantitative estimate of drug-likeness (QED) is 0.853. The number of halogens is 1. The van der Waals surface area contributed by atoms with Crippen LogP contribution in [-0.2, 0) is 4.79 Å². The lowest BCUT2D eigenvalue weighted by molar-refractivity contribution is -0.115. The molecule has 2 rings (SSSR count). The highest BCUT2D eigenvalue weighted by Gasteiger charge is 2.13. The van der Waals surface area contributed by atoms with Crippen molar-refractivity contribution < 1.29 is 4.79 Å². The Bertz CT molecular complexity index is 673. The van der Waals surface area contributed by atoms with E-state index in [0.717, 1.165) is 17.8 Å². The number of carbonyl (C=O) groups excluding carboxylic acids is 1. The molecule has 2 aromatic rings. The third-order valence-electron chi connectivity index (χ3n) is 3.44. The zero-order valence-corrected chi connectivity index (χ0v) is 13.8. The summed E-state index contributed by atoms with van der Waals surface area (Å²) < 4.78 is 0. The molecule has 0 spiro atoms. The van der Waals surface area contributed by atoms with Crippen LogP contribution in [0.3, 0.4) is 0 Å². The van der Waals surface area contributed by atoms with Crippen molar-refractivity contribution in [3.63, 3.8) is 0 Å². The van der Waals surface area contributed by atoms with E-state index >= 15 is 0 Å². The SMILES string of the molecule is CCN(CC(=O)Nc1cccnc1Cl)c1ccc(C)cc1C. The van der Waals surface area contributed by atoms with Gasteiger partial charge in [0, 0.05) is 18.4 Å². The predicted molar refractivity (Wildman–Crippen MR) is 91.7 cm³/mol. The van der Waals surface area contributed by atoms with Crippen LogP contribution in [0, 0.1) is 13.8 Å². The molecule has 0 fully saturated rings. The van der Waals surface area contributed by atoms with Crippen LogP contribution in [0.5, 0.6) is 0 Å². The molecule has 0 aliphatic rings. The molecule has 0 saturated carbocycles. The molecule has 1 N–H and O–H groups in total. The number of hydrogen-bond donors (Lipinski definition) is 1. The van der Waals surface area contributed by atoms with Crippen LogP contribution in [-0.4, -0.2) is 24.0 Å². The van der Waals surface area contributed by atoms with Crippen molar-refractivity contribution in [1.29, 1.82) is 0 Å². The maximum atomic E-state index is 12.2. The van der Waals surface area contributed by atoms with E-state index in [2.05, 4.69) is 42.3 Å². The van der Waals surface area contributed by atoms with E-state index in [4.69, 9.17) is 11.6 Å². The van der Waals surface area contributed by atoms with E-state index < -0.39 is 0 Å². The fourth-order valence-electron chi connectivity index (χ4n) is 2.37. The minimum atomic E-state index is -0.114. The first-order valence-corrected chi connectivity index (χ1v) is 7.61. The molecule has 5 heteroatoms. The van der Waals surface area contributed by atoms with E-state index in [1.807, 2.05) is 11.8 Å². The first kappa shape index (κ1) is 16.3. The standard InChI is InChI=1S/C17H20ClN3O/c1-4-21(15-8-7-12(2)10-13(15)3)11-16(22)20-14-6-5-9-19-17(14)18/h5-10H,4,11H2,1-3H3,(H,20,22). The molecule has 0 aliphatic carbocycles. The van der Waals surface area contributed by atoms with Gasteiger partial charge in [0.25, 0.3) is 0 Å². The molecule has 1 aromatic heterocycles. The highest BCUT2D eigenvalue weighted by Crippen LogP contribution is 2.22. The summed E-state index contributed by atoms with van der Waals surface area (Å²) in [5.74, 6) is -0.114. The summed E-state index contributed by atoms with van der Waals surface area (Å²) in [5.41, 5.74) is 3.98. The largest absolute Gasteiger partial charge is 0.362 e. The Labute approximate surface area is 136 Å². The number of aromatic nitrogens is 1. The van der Waals surface area contributed by atoms with Gasteiger partial charge in [-0.1, -0.05) is 29.3 Å². The van der Waals surface area contributed by atoms with Crippen LogP contribution in [0.15, 0.2) is 36.5 Å². The van der Waals surface area contributed by atoms with E-state index in [-0.39, 0.29) is 12.5 Å². The molecule has 0 saturated heterocycles. The molecule has 4 nitrogen and oxygen atoms in total. The average Bonchev–Trinajstić information content (AvgIpc) is 2.48. The van der Waals surface area contributed by atoms with E-state index in [1.165, 1.54) is 5.56 Å². The Balaban J connectivity index is 2.10. The summed E-state index contributed by atoms with van der Waals surface area (Å²) in [6.07, 6.45) is 1.59. The lowest BCUT2D eigenvalue weighted by atomic mass is 10.1. The number of benzene rings is 1. The number of anilines is 2. The molecule has 1 heterocycles. The number of hydrogen-bond acceptors (Lipinski definition) is 3. The van der Waals surface area contributed by atoms with Gasteiger partial charge in [-0.3, -0.25) is 4.79 Å². The van der Waals surface area contributed by atoms with Crippen LogP contribution in [0.1, 0.15) is 18.1 Å². The van der Waals surface area contributed by atoms with Gasteiger partial charge in [-0.05, 0) is 44.5 Å². The number of aryl methyl sites for hydroxylation is 2. The summed E-state index contributed by atoms with van der Waals surface area (Å²) in [5, 5.41) is 3.10. The normalized spacial score (nSPS) is 10.4. The molecule has 0 unspecified atom stereocenters. The number of carbonyl (C=O) groups is 1. The lowest BCUT2D eigenvalue weighted by Crippen LogP contribution is -2.33. The summed E-state index contributed by atoms with van der Waals surface area (Å²) in [6, 6.07) is 9.71. The van der Waals surface area contributed by atoms with Gasteiger partial charge in [0.15, 0.2) is 5.15 Å². The van der Waals surface area contributed by atoms with E-state index in [1.54, 1.807) is 18.3 Å². The maximum absolute atomic E-state index is 12.2. The summed E-state index contributed by atoms with van der Waals surface area (Å²) >= 11 is 5.96. The van der Waals surface area contributed by atoms with Crippen molar-refractivity contribution in [1.82, 2.24) is 4.98 Å². The molecule has 0 aliphatic heterocycles. The minimum Gasteiger partial charge on any atom is -0.362 e. The molecule has 22 heavy (non-hydrogen) atoms. The van der Waals surface area contributed by atoms with Crippen LogP contribution in [0.2, 0.25) is 5.15 Å². The van der Waals surface area contributed by atoms with Crippen LogP contribution >= 0.6 is 11.6 Å². The second-order valence-corrected chi connectivity index (χ2v) is 5.55. The summed E-state index contributed by atoms with van der Waals surface area (Å²) in [7, 11) is 0. The van der Waals surface area contributed by atoms with Gasteiger partial charge in [0.1, 0.15) is 0 Å². The zero-order chi connectivity index (χ0) is 16.1. The molecular formula is C17H20ClN3O. The highest BCUT2D eigenvalue weighted by molar-refractivity contribution is 6.32. The van der Waals surface area contributed by atoms with Gasteiger partial charge in [-0.2, -0.15) is 0 Å². The molecule has 0 radical (unpaired) electrons. The zero-order valence-electron chi connectivity index (χ0n) is 13.1. The molecule has 1 amide bonds. The van der Waals surface area contributed by atoms with Crippen molar-refractivity contribution in [2.75, 3.05) is 23.3 Å². The topological polar surface area (TPSA) is 45.2 Å². The van der Waals surface area contributed by atoms with Crippen molar-refractivity contribution in [2.45, 2.75) is 20.8 Å². The van der Waals surface area contributed by atoms with Crippen molar-refractivity contribution in [3.8, 4) is 0 Å². The molecular weight excluding hydrogens is 298 g/mol. The lowest BCUT2D eigenvalue weighted by Gasteiger charge is -2.24. The second-order valence-electron chi connectivity index (χ2n) is 5.19. The van der Waals surface area contributed by atoms with Crippen LogP contribution < -0.4 is 10.2 Å². The van der Waals surface area contributed by atoms with Crippen molar-refractivity contribution >= 4 is 28.9 Å². The molecule has 0 bridgehead atoms. The van der Waals surface area contributed by atoms with Gasteiger partial charge in [-0.25, -0.2) is 4.98 Å². The number of likely N-dealkylation sites (N-methyl/N-ethyl adjacent to an activating group) is 1. The number of amides is 1. The number of nitrogens with one attached hydrogen (secondary N) is 1. The van der Waals surface area contributed by atoms with Gasteiger partial charge < -0.3 is 10.2 Å². The Morgan fingerprint density at radius 1 is 1.32 bits per heavy atom. The monoisotopic (exact) mass is 317 g/mol. The average molecular weight is 318 g/mol. The first-order chi connectivity index (χ1) is 10.5. The number of rotatable bonds is 5. The fraction of sp³-hybridized carbons (Fsp3) is 0.294. The molecule has 116 valence electrons. The minimum absolute atomic E-state index is 0.114. The molecule has 0 atom stereocenters. The Kier molecular flexibility index (Phi) is 5.39. The Morgan fingerprint density at radius 3 is 2.73 bits per heavy atom. The van der Waals surface area contributed by atoms with Crippen LogP contribution in [0.4, 0.5) is 11.4 Å². The maximum Gasteiger partial charge on any atom is 0.243 e. The summed E-state index contributed by atoms with van der Waals surface area (Å²) in [6.45, 7) is 7.17. The van der Waals surface area contributed by atoms with Gasteiger partial charge in [0.2, 0.25) is 5.91 Å². The van der Waals surface area contributed by atoms with Gasteiger partial charge in [0.05, 0.1) is 12.2 Å². The first-order valence-electron chi connectivity index (χ1n) is 7.24. The van der Waals surface area contributed by atoms with E-state index in [9.17, 15) is 4.79 Å². The van der Waals surface area contributed by atoms with Gasteiger partial charge in [-0.15, -0.1) is 0 Å². The van der Waals surface area contributed by atoms with Crippen LogP contribution in [0.25, 0.3) is 0 Å². The number of pyridine rings is 1. The van der Waals surface area contributed by atoms with Crippen molar-refractivity contribution in [3.05, 3.63) is 52.8 Å². The van der Waals surface area contributed by atoms with E-state index in [0.29, 0.717) is 10.8 Å². The third-order valence-corrected chi connectivity index (χ3v) is 3.74. The van der Waals surface area contributed by atoms with Gasteiger partial charge >= 0.3 is 0 Å². The Morgan fingerprint density at radius 2 is 2.09 bits per heavy atom.